The Morgan fingerprint density at radius 3 is 2.81 bits per heavy atom. The van der Waals surface area contributed by atoms with E-state index in [-0.39, 0.29) is 12.5 Å². The lowest BCUT2D eigenvalue weighted by Crippen LogP contribution is -2.20. The number of ether oxygens (including phenoxy) is 2. The molecule has 0 spiro atoms. The van der Waals surface area contributed by atoms with E-state index in [0.29, 0.717) is 22.2 Å². The average Bonchev–Trinajstić information content (AvgIpc) is 2.45. The van der Waals surface area contributed by atoms with Crippen LogP contribution in [0.1, 0.15) is 0 Å². The molecule has 0 bridgehead atoms. The molecular weight excluding hydrogens is 405 g/mol. The van der Waals surface area contributed by atoms with Gasteiger partial charge >= 0.3 is 0 Å². The highest BCUT2D eigenvalue weighted by Crippen LogP contribution is 2.27. The zero-order valence-electron chi connectivity index (χ0n) is 11.2. The Morgan fingerprint density at radius 2 is 2.10 bits per heavy atom. The fourth-order valence-corrected chi connectivity index (χ4v) is 2.36. The number of nitrogens with one attached hydrogen (secondary N) is 1. The molecule has 0 saturated heterocycles. The van der Waals surface area contributed by atoms with Gasteiger partial charge in [-0.05, 0) is 59.0 Å². The monoisotopic (exact) mass is 417 g/mol. The lowest BCUT2D eigenvalue weighted by molar-refractivity contribution is -0.118. The second-order valence-electron chi connectivity index (χ2n) is 4.14. The van der Waals surface area contributed by atoms with E-state index >= 15 is 0 Å². The summed E-state index contributed by atoms with van der Waals surface area (Å²) in [7, 11) is 1.53. The summed E-state index contributed by atoms with van der Waals surface area (Å²) in [6, 6.07) is 12.5. The molecule has 110 valence electrons. The second-order valence-corrected chi connectivity index (χ2v) is 5.82. The number of hydrogen-bond donors (Lipinski definition) is 1. The number of rotatable bonds is 5. The highest BCUT2D eigenvalue weighted by Gasteiger charge is 2.09. The van der Waals surface area contributed by atoms with Gasteiger partial charge in [0.05, 0.1) is 12.8 Å². The number of carbonyl (C=O) groups is 1. The topological polar surface area (TPSA) is 47.6 Å². The third-order valence-electron chi connectivity index (χ3n) is 2.60. The van der Waals surface area contributed by atoms with E-state index in [0.717, 1.165) is 3.57 Å². The average molecular weight is 418 g/mol. The molecule has 0 unspecified atom stereocenters. The number of methoxy groups -OCH3 is 1. The summed E-state index contributed by atoms with van der Waals surface area (Å²) in [6.07, 6.45) is 0. The van der Waals surface area contributed by atoms with Gasteiger partial charge < -0.3 is 14.8 Å². The zero-order chi connectivity index (χ0) is 15.2. The van der Waals surface area contributed by atoms with Gasteiger partial charge in [0.2, 0.25) is 0 Å². The quantitative estimate of drug-likeness (QED) is 0.749. The Balaban J connectivity index is 1.97. The van der Waals surface area contributed by atoms with Crippen molar-refractivity contribution in [1.29, 1.82) is 0 Å². The Kier molecular flexibility index (Phi) is 5.69. The summed E-state index contributed by atoms with van der Waals surface area (Å²) in [5.41, 5.74) is 0.515. The van der Waals surface area contributed by atoms with Gasteiger partial charge in [-0.3, -0.25) is 4.79 Å². The summed E-state index contributed by atoms with van der Waals surface area (Å²) in [4.78, 5) is 11.9. The van der Waals surface area contributed by atoms with E-state index in [9.17, 15) is 4.79 Å². The fraction of sp³-hybridized carbons (Fsp3) is 0.133. The van der Waals surface area contributed by atoms with E-state index in [1.807, 2.05) is 18.2 Å². The zero-order valence-corrected chi connectivity index (χ0v) is 14.1. The number of amides is 1. The van der Waals surface area contributed by atoms with Crippen molar-refractivity contribution in [1.82, 2.24) is 0 Å². The molecule has 1 amide bonds. The molecule has 0 aliphatic heterocycles. The van der Waals surface area contributed by atoms with E-state index in [2.05, 4.69) is 27.9 Å². The van der Waals surface area contributed by atoms with Gasteiger partial charge in [-0.1, -0.05) is 17.7 Å². The van der Waals surface area contributed by atoms with Crippen molar-refractivity contribution in [2.24, 2.45) is 0 Å². The molecule has 0 heterocycles. The van der Waals surface area contributed by atoms with Crippen LogP contribution < -0.4 is 14.8 Å². The molecule has 2 aromatic carbocycles. The predicted molar refractivity (Wildman–Crippen MR) is 91.3 cm³/mol. The molecule has 21 heavy (non-hydrogen) atoms. The summed E-state index contributed by atoms with van der Waals surface area (Å²) in [5, 5.41) is 3.23. The van der Waals surface area contributed by atoms with Crippen molar-refractivity contribution in [2.45, 2.75) is 0 Å². The van der Waals surface area contributed by atoms with Gasteiger partial charge in [-0.2, -0.15) is 0 Å². The molecule has 1 N–H and O–H groups in total. The third kappa shape index (κ3) is 4.78. The summed E-state index contributed by atoms with van der Waals surface area (Å²) in [5.74, 6) is 0.909. The van der Waals surface area contributed by atoms with Crippen LogP contribution in [0, 0.1) is 3.57 Å². The Bertz CT molecular complexity index is 649. The molecule has 4 nitrogen and oxygen atoms in total. The van der Waals surface area contributed by atoms with Crippen LogP contribution in [0.3, 0.4) is 0 Å². The first-order valence-corrected chi connectivity index (χ1v) is 7.56. The molecule has 6 heteroatoms. The van der Waals surface area contributed by atoms with Crippen LogP contribution in [0.4, 0.5) is 5.69 Å². The first-order chi connectivity index (χ1) is 10.1. The summed E-state index contributed by atoms with van der Waals surface area (Å²) in [6.45, 7) is -0.0875. The molecule has 0 aliphatic rings. The van der Waals surface area contributed by atoms with Crippen LogP contribution >= 0.6 is 34.2 Å². The SMILES string of the molecule is COc1ccc(Cl)cc1NC(=O)COc1cccc(I)c1. The molecule has 0 fully saturated rings. The van der Waals surface area contributed by atoms with Gasteiger partial charge in [-0.25, -0.2) is 0 Å². The van der Waals surface area contributed by atoms with E-state index in [1.165, 1.54) is 7.11 Å². The lowest BCUT2D eigenvalue weighted by atomic mass is 10.3. The van der Waals surface area contributed by atoms with Crippen LogP contribution in [-0.4, -0.2) is 19.6 Å². The first-order valence-electron chi connectivity index (χ1n) is 6.10. The van der Waals surface area contributed by atoms with Gasteiger partial charge in [0.15, 0.2) is 6.61 Å². The van der Waals surface area contributed by atoms with Gasteiger partial charge in [-0.15, -0.1) is 0 Å². The fourth-order valence-electron chi connectivity index (χ4n) is 1.67. The van der Waals surface area contributed by atoms with Gasteiger partial charge in [0, 0.05) is 8.59 Å². The minimum atomic E-state index is -0.283. The van der Waals surface area contributed by atoms with Crippen molar-refractivity contribution >= 4 is 45.8 Å². The van der Waals surface area contributed by atoms with Crippen LogP contribution in [0.15, 0.2) is 42.5 Å². The van der Waals surface area contributed by atoms with E-state index < -0.39 is 0 Å². The summed E-state index contributed by atoms with van der Waals surface area (Å²) < 4.78 is 11.6. The van der Waals surface area contributed by atoms with E-state index in [1.54, 1.807) is 24.3 Å². The van der Waals surface area contributed by atoms with Crippen molar-refractivity contribution in [2.75, 3.05) is 19.0 Å². The highest BCUT2D eigenvalue weighted by atomic mass is 127. The Hall–Kier alpha value is -1.47. The highest BCUT2D eigenvalue weighted by molar-refractivity contribution is 14.1. The molecule has 2 rings (SSSR count). The maximum atomic E-state index is 11.9. The Labute approximate surface area is 141 Å². The maximum absolute atomic E-state index is 11.9. The predicted octanol–water partition coefficient (Wildman–Crippen LogP) is 3.97. The summed E-state index contributed by atoms with van der Waals surface area (Å²) >= 11 is 8.09. The Morgan fingerprint density at radius 1 is 1.29 bits per heavy atom. The van der Waals surface area contributed by atoms with Crippen LogP contribution in [0.25, 0.3) is 0 Å². The van der Waals surface area contributed by atoms with Crippen LogP contribution in [-0.2, 0) is 4.79 Å². The van der Waals surface area contributed by atoms with Crippen LogP contribution in [0.2, 0.25) is 5.02 Å². The van der Waals surface area contributed by atoms with Crippen molar-refractivity contribution in [3.8, 4) is 11.5 Å². The normalized spacial score (nSPS) is 10.0. The lowest BCUT2D eigenvalue weighted by Gasteiger charge is -2.11. The van der Waals surface area contributed by atoms with Crippen molar-refractivity contribution < 1.29 is 14.3 Å². The number of anilines is 1. The number of carbonyl (C=O) groups excluding carboxylic acids is 1. The molecular formula is C15H13ClINO3. The molecule has 0 atom stereocenters. The minimum absolute atomic E-state index is 0.0875. The van der Waals surface area contributed by atoms with Gasteiger partial charge in [0.1, 0.15) is 11.5 Å². The molecule has 0 radical (unpaired) electrons. The standard InChI is InChI=1S/C15H13ClINO3/c1-20-14-6-5-10(16)7-13(14)18-15(19)9-21-12-4-2-3-11(17)8-12/h2-8H,9H2,1H3,(H,18,19). The molecule has 0 saturated carbocycles. The molecule has 0 aliphatic carbocycles. The van der Waals surface area contributed by atoms with Crippen LogP contribution in [0.5, 0.6) is 11.5 Å². The number of hydrogen-bond acceptors (Lipinski definition) is 3. The molecule has 2 aromatic rings. The van der Waals surface area contributed by atoms with Crippen molar-refractivity contribution in [3.63, 3.8) is 0 Å². The second kappa shape index (κ2) is 7.51. The maximum Gasteiger partial charge on any atom is 0.262 e. The van der Waals surface area contributed by atoms with E-state index in [4.69, 9.17) is 21.1 Å². The van der Waals surface area contributed by atoms with Crippen molar-refractivity contribution in [3.05, 3.63) is 51.1 Å². The van der Waals surface area contributed by atoms with Gasteiger partial charge in [0.25, 0.3) is 5.91 Å². The number of benzene rings is 2. The minimum Gasteiger partial charge on any atom is -0.495 e. The smallest absolute Gasteiger partial charge is 0.262 e. The molecule has 0 aromatic heterocycles. The number of halogens is 2. The largest absolute Gasteiger partial charge is 0.495 e. The first kappa shape index (κ1) is 15.9. The third-order valence-corrected chi connectivity index (χ3v) is 3.51.